The van der Waals surface area contributed by atoms with Gasteiger partial charge in [0.25, 0.3) is 0 Å². The van der Waals surface area contributed by atoms with Crippen LogP contribution in [0.1, 0.15) is 75.6 Å². The Morgan fingerprint density at radius 1 is 1.00 bits per heavy atom. The highest BCUT2D eigenvalue weighted by Gasteiger charge is 2.30. The van der Waals surface area contributed by atoms with Crippen LogP contribution in [-0.4, -0.2) is 25.4 Å². The van der Waals surface area contributed by atoms with Crippen LogP contribution in [0.5, 0.6) is 0 Å². The zero-order valence-corrected chi connectivity index (χ0v) is 22.7. The van der Waals surface area contributed by atoms with Crippen molar-refractivity contribution in [1.29, 1.82) is 0 Å². The summed E-state index contributed by atoms with van der Waals surface area (Å²) in [6.45, 7) is 10.3. The smallest absolute Gasteiger partial charge is 0.123 e. The van der Waals surface area contributed by atoms with Crippen LogP contribution in [0, 0.1) is 23.5 Å². The number of hydrogen-bond donors (Lipinski definition) is 2. The number of rotatable bonds is 6. The van der Waals surface area contributed by atoms with Gasteiger partial charge in [0.1, 0.15) is 17.9 Å². The molecule has 200 valence electrons. The zero-order chi connectivity index (χ0) is 26.9. The largest absolute Gasteiger partial charge is 0.330 e. The number of carbonyl (C=O) groups is 1. The molecule has 1 heterocycles. The number of allylic oxidation sites excluding steroid dienone is 1. The van der Waals surface area contributed by atoms with Crippen molar-refractivity contribution in [3.63, 3.8) is 0 Å². The summed E-state index contributed by atoms with van der Waals surface area (Å²) in [6, 6.07) is 10.7. The number of nitrogens with one attached hydrogen (secondary N) is 1. The van der Waals surface area contributed by atoms with E-state index in [2.05, 4.69) is 25.2 Å². The third-order valence-corrected chi connectivity index (χ3v) is 7.02. The first-order valence-corrected chi connectivity index (χ1v) is 13.6. The molecule has 3 nitrogen and oxygen atoms in total. The number of benzene rings is 2. The van der Waals surface area contributed by atoms with Gasteiger partial charge in [-0.1, -0.05) is 45.9 Å². The van der Waals surface area contributed by atoms with Crippen molar-refractivity contribution in [2.24, 2.45) is 17.6 Å². The summed E-state index contributed by atoms with van der Waals surface area (Å²) in [5.74, 6) is 0.959. The van der Waals surface area contributed by atoms with Gasteiger partial charge >= 0.3 is 0 Å². The Bertz CT molecular complexity index is 1130. The quantitative estimate of drug-likeness (QED) is 0.418. The maximum atomic E-state index is 13.3. The van der Waals surface area contributed by atoms with E-state index in [4.69, 9.17) is 5.73 Å². The Kier molecular flexibility index (Phi) is 10.8. The molecule has 1 aliphatic heterocycles. The van der Waals surface area contributed by atoms with Crippen LogP contribution < -0.4 is 11.1 Å². The molecule has 5 rings (SSSR count). The fourth-order valence-corrected chi connectivity index (χ4v) is 5.28. The second kappa shape index (κ2) is 13.8. The number of aldehydes is 1. The first-order valence-electron chi connectivity index (χ1n) is 13.6. The Balaban J connectivity index is 0.000000175. The molecular weight excluding hydrogens is 466 g/mol. The average molecular weight is 509 g/mol. The van der Waals surface area contributed by atoms with Crippen LogP contribution in [-0.2, 0) is 17.6 Å². The number of fused-ring (bicyclic) bond motifs is 3. The molecule has 0 saturated heterocycles. The molecule has 0 fully saturated rings. The summed E-state index contributed by atoms with van der Waals surface area (Å²) in [5, 5.41) is 3.62. The molecule has 0 saturated carbocycles. The number of carbonyl (C=O) groups excluding carboxylic acids is 1. The van der Waals surface area contributed by atoms with E-state index in [1.165, 1.54) is 45.9 Å². The van der Waals surface area contributed by atoms with Gasteiger partial charge in [-0.3, -0.25) is 0 Å². The summed E-state index contributed by atoms with van der Waals surface area (Å²) in [7, 11) is 0. The van der Waals surface area contributed by atoms with E-state index in [0.717, 1.165) is 44.1 Å². The van der Waals surface area contributed by atoms with Crippen molar-refractivity contribution in [3.8, 4) is 0 Å². The minimum atomic E-state index is -0.152. The topological polar surface area (TPSA) is 55.1 Å². The SMILES string of the molecule is CC(C)CC1NCCC2=C1Cc1cc(F)ccc12.CC(C)CC=O.NCCC1=CCc2cc(F)ccc21. The highest BCUT2D eigenvalue weighted by molar-refractivity contribution is 5.78. The Labute approximate surface area is 221 Å². The standard InChI is InChI=1S/C16H20FN.C11H12FN.C5H10O/c1-10(2)7-16-15-9-11-8-12(17)3-4-13(11)14(15)5-6-18-16;12-10-3-4-11-8(5-6-13)1-2-9(11)7-10;1-5(2)3-4-6/h3-4,8,10,16,18H,5-7,9H2,1-2H3;1,3-4,7H,2,5-6,13H2;4-5H,3H2,1-2H3. The Morgan fingerprint density at radius 2 is 1.68 bits per heavy atom. The fourth-order valence-electron chi connectivity index (χ4n) is 5.28. The number of hydrogen-bond acceptors (Lipinski definition) is 3. The second-order valence-electron chi connectivity index (χ2n) is 10.9. The molecule has 2 aromatic rings. The zero-order valence-electron chi connectivity index (χ0n) is 22.7. The number of nitrogens with two attached hydrogens (primary N) is 1. The van der Waals surface area contributed by atoms with E-state index in [-0.39, 0.29) is 11.6 Å². The molecule has 3 aliphatic rings. The van der Waals surface area contributed by atoms with Crippen LogP contribution in [0.15, 0.2) is 48.0 Å². The van der Waals surface area contributed by atoms with Gasteiger partial charge in [-0.25, -0.2) is 8.78 Å². The lowest BCUT2D eigenvalue weighted by atomic mass is 9.89. The van der Waals surface area contributed by atoms with Crippen LogP contribution in [0.4, 0.5) is 8.78 Å². The molecule has 2 aromatic carbocycles. The van der Waals surface area contributed by atoms with Crippen LogP contribution in [0.3, 0.4) is 0 Å². The van der Waals surface area contributed by atoms with Gasteiger partial charge in [0.15, 0.2) is 0 Å². The molecule has 3 N–H and O–H groups in total. The molecule has 5 heteroatoms. The highest BCUT2D eigenvalue weighted by Crippen LogP contribution is 2.39. The molecule has 0 amide bonds. The molecule has 1 atom stereocenters. The fraction of sp³-hybridized carbons (Fsp3) is 0.469. The van der Waals surface area contributed by atoms with Crippen molar-refractivity contribution in [2.75, 3.05) is 13.1 Å². The van der Waals surface area contributed by atoms with Crippen LogP contribution >= 0.6 is 0 Å². The minimum Gasteiger partial charge on any atom is -0.330 e. The van der Waals surface area contributed by atoms with Crippen molar-refractivity contribution < 1.29 is 13.6 Å². The molecule has 37 heavy (non-hydrogen) atoms. The average Bonchev–Trinajstić information content (AvgIpc) is 3.41. The van der Waals surface area contributed by atoms with Gasteiger partial charge < -0.3 is 15.8 Å². The maximum Gasteiger partial charge on any atom is 0.123 e. The molecule has 0 spiro atoms. The van der Waals surface area contributed by atoms with E-state index in [1.807, 2.05) is 26.0 Å². The number of halogens is 2. The van der Waals surface area contributed by atoms with Crippen molar-refractivity contribution in [3.05, 3.63) is 81.9 Å². The van der Waals surface area contributed by atoms with E-state index >= 15 is 0 Å². The van der Waals surface area contributed by atoms with Gasteiger partial charge in [0.2, 0.25) is 0 Å². The summed E-state index contributed by atoms with van der Waals surface area (Å²) in [5.41, 5.74) is 14.5. The van der Waals surface area contributed by atoms with E-state index < -0.39 is 0 Å². The van der Waals surface area contributed by atoms with Crippen LogP contribution in [0.2, 0.25) is 0 Å². The summed E-state index contributed by atoms with van der Waals surface area (Å²) >= 11 is 0. The van der Waals surface area contributed by atoms with E-state index in [1.54, 1.807) is 18.2 Å². The van der Waals surface area contributed by atoms with Crippen molar-refractivity contribution in [1.82, 2.24) is 5.32 Å². The normalized spacial score (nSPS) is 17.3. The van der Waals surface area contributed by atoms with E-state index in [9.17, 15) is 13.6 Å². The molecule has 0 aromatic heterocycles. The van der Waals surface area contributed by atoms with Gasteiger partial charge in [0, 0.05) is 12.5 Å². The van der Waals surface area contributed by atoms with Crippen molar-refractivity contribution >= 4 is 17.4 Å². The Morgan fingerprint density at radius 3 is 2.27 bits per heavy atom. The predicted molar refractivity (Wildman–Crippen MR) is 150 cm³/mol. The third kappa shape index (κ3) is 7.93. The Hall–Kier alpha value is -2.63. The van der Waals surface area contributed by atoms with Crippen molar-refractivity contribution in [2.45, 2.75) is 72.3 Å². The van der Waals surface area contributed by atoms with Gasteiger partial charge in [-0.2, -0.15) is 0 Å². The highest BCUT2D eigenvalue weighted by atomic mass is 19.1. The van der Waals surface area contributed by atoms with Crippen LogP contribution in [0.25, 0.3) is 11.1 Å². The first-order chi connectivity index (χ1) is 17.7. The molecule has 0 bridgehead atoms. The van der Waals surface area contributed by atoms with Gasteiger partial charge in [-0.05, 0) is 120 Å². The molecule has 1 unspecified atom stereocenters. The first kappa shape index (κ1) is 28.9. The summed E-state index contributed by atoms with van der Waals surface area (Å²) in [6.07, 6.45) is 8.72. The maximum absolute atomic E-state index is 13.3. The second-order valence-corrected chi connectivity index (χ2v) is 10.9. The predicted octanol–water partition coefficient (Wildman–Crippen LogP) is 6.89. The molecule has 2 aliphatic carbocycles. The summed E-state index contributed by atoms with van der Waals surface area (Å²) < 4.78 is 26.1. The van der Waals surface area contributed by atoms with Gasteiger partial charge in [0.05, 0.1) is 0 Å². The third-order valence-electron chi connectivity index (χ3n) is 7.02. The lowest BCUT2D eigenvalue weighted by molar-refractivity contribution is -0.108. The van der Waals surface area contributed by atoms with Gasteiger partial charge in [-0.15, -0.1) is 0 Å². The minimum absolute atomic E-state index is 0.109. The lowest BCUT2D eigenvalue weighted by Gasteiger charge is -2.28. The van der Waals surface area contributed by atoms with E-state index in [0.29, 0.717) is 30.8 Å². The molecular formula is C32H42F2N2O. The summed E-state index contributed by atoms with van der Waals surface area (Å²) in [4.78, 5) is 9.62. The lowest BCUT2D eigenvalue weighted by Crippen LogP contribution is -2.36. The monoisotopic (exact) mass is 508 g/mol. The molecule has 0 radical (unpaired) electrons.